The van der Waals surface area contributed by atoms with E-state index in [-0.39, 0.29) is 17.9 Å². The zero-order chi connectivity index (χ0) is 22.2. The summed E-state index contributed by atoms with van der Waals surface area (Å²) in [6.07, 6.45) is 0. The van der Waals surface area contributed by atoms with E-state index in [0.717, 1.165) is 42.2 Å². The molecule has 0 spiro atoms. The molecule has 0 aliphatic carbocycles. The number of nitrogens with one attached hydrogen (secondary N) is 1. The van der Waals surface area contributed by atoms with Crippen molar-refractivity contribution in [2.75, 3.05) is 18.5 Å². The van der Waals surface area contributed by atoms with E-state index in [0.29, 0.717) is 11.8 Å². The quantitative estimate of drug-likeness (QED) is 0.657. The van der Waals surface area contributed by atoms with Crippen molar-refractivity contribution in [1.29, 1.82) is 0 Å². The summed E-state index contributed by atoms with van der Waals surface area (Å²) in [5.74, 6) is 1.59. The van der Waals surface area contributed by atoms with Crippen molar-refractivity contribution in [3.8, 4) is 5.75 Å². The Kier molecular flexibility index (Phi) is 5.75. The molecular weight excluding hydrogens is 388 g/mol. The second-order valence-corrected chi connectivity index (χ2v) is 9.56. The first-order valence-corrected chi connectivity index (χ1v) is 11.0. The molecule has 1 aliphatic heterocycles. The molecule has 4 rings (SSSR count). The molecule has 0 unspecified atom stereocenters. The number of amides is 1. The van der Waals surface area contributed by atoms with Crippen LogP contribution in [0.1, 0.15) is 46.0 Å². The molecule has 0 fully saturated rings. The number of rotatable bonds is 5. The van der Waals surface area contributed by atoms with E-state index in [1.807, 2.05) is 42.5 Å². The van der Waals surface area contributed by atoms with Gasteiger partial charge in [-0.05, 0) is 55.2 Å². The number of fused-ring (bicyclic) bond motifs is 3. The van der Waals surface area contributed by atoms with Crippen LogP contribution in [0.4, 0.5) is 5.69 Å². The molecule has 2 heterocycles. The third-order valence-corrected chi connectivity index (χ3v) is 5.89. The highest BCUT2D eigenvalue weighted by Gasteiger charge is 2.21. The van der Waals surface area contributed by atoms with Gasteiger partial charge in [0, 0.05) is 24.8 Å². The maximum atomic E-state index is 12.4. The summed E-state index contributed by atoms with van der Waals surface area (Å²) in [5, 5.41) is 2.92. The Morgan fingerprint density at radius 3 is 2.55 bits per heavy atom. The summed E-state index contributed by atoms with van der Waals surface area (Å²) in [6, 6.07) is 14.3. The van der Waals surface area contributed by atoms with Crippen molar-refractivity contribution >= 4 is 22.6 Å². The van der Waals surface area contributed by atoms with Gasteiger partial charge in [-0.15, -0.1) is 0 Å². The average molecular weight is 421 g/mol. The molecule has 1 N–H and O–H groups in total. The van der Waals surface area contributed by atoms with Gasteiger partial charge in [-0.3, -0.25) is 9.69 Å². The number of carbonyl (C=O) groups is 1. The van der Waals surface area contributed by atoms with Crippen molar-refractivity contribution < 1.29 is 9.53 Å². The zero-order valence-corrected chi connectivity index (χ0v) is 19.1. The molecule has 2 aromatic carbocycles. The van der Waals surface area contributed by atoms with Gasteiger partial charge in [0.05, 0.1) is 17.6 Å². The van der Waals surface area contributed by atoms with Crippen molar-refractivity contribution in [3.63, 3.8) is 0 Å². The van der Waals surface area contributed by atoms with Crippen LogP contribution < -0.4 is 10.1 Å². The molecule has 164 valence electrons. The van der Waals surface area contributed by atoms with Gasteiger partial charge in [0.15, 0.2) is 6.61 Å². The van der Waals surface area contributed by atoms with E-state index in [9.17, 15) is 4.79 Å². The van der Waals surface area contributed by atoms with Crippen molar-refractivity contribution in [1.82, 2.24) is 14.5 Å². The summed E-state index contributed by atoms with van der Waals surface area (Å²) in [6.45, 7) is 13.7. The first-order chi connectivity index (χ1) is 14.7. The zero-order valence-electron chi connectivity index (χ0n) is 19.1. The topological polar surface area (TPSA) is 59.4 Å². The molecule has 6 heteroatoms. The second-order valence-electron chi connectivity index (χ2n) is 9.56. The van der Waals surface area contributed by atoms with E-state index in [4.69, 9.17) is 9.72 Å². The third kappa shape index (κ3) is 4.74. The largest absolute Gasteiger partial charge is 0.484 e. The summed E-state index contributed by atoms with van der Waals surface area (Å²) in [5.41, 5.74) is 4.09. The van der Waals surface area contributed by atoms with Crippen LogP contribution >= 0.6 is 0 Å². The average Bonchev–Trinajstić information content (AvgIpc) is 3.08. The molecule has 1 aliphatic rings. The van der Waals surface area contributed by atoms with E-state index in [1.165, 1.54) is 5.56 Å². The molecule has 0 radical (unpaired) electrons. The molecular formula is C25H32N4O2. The minimum Gasteiger partial charge on any atom is -0.484 e. The number of aromatic nitrogens is 2. The van der Waals surface area contributed by atoms with Crippen LogP contribution in [-0.2, 0) is 23.3 Å². The van der Waals surface area contributed by atoms with Gasteiger partial charge in [0.2, 0.25) is 0 Å². The Hall–Kier alpha value is -2.86. The van der Waals surface area contributed by atoms with Crippen LogP contribution in [0.25, 0.3) is 11.0 Å². The van der Waals surface area contributed by atoms with Crippen LogP contribution in [0.3, 0.4) is 0 Å². The lowest BCUT2D eigenvalue weighted by Gasteiger charge is -2.30. The first kappa shape index (κ1) is 21.4. The third-order valence-electron chi connectivity index (χ3n) is 5.89. The van der Waals surface area contributed by atoms with E-state index < -0.39 is 0 Å². The van der Waals surface area contributed by atoms with Crippen LogP contribution in [0.5, 0.6) is 5.75 Å². The molecule has 0 saturated heterocycles. The van der Waals surface area contributed by atoms with Crippen LogP contribution in [0.15, 0.2) is 42.5 Å². The lowest BCUT2D eigenvalue weighted by atomic mass is 9.87. The van der Waals surface area contributed by atoms with Gasteiger partial charge in [0.25, 0.3) is 5.91 Å². The highest BCUT2D eigenvalue weighted by atomic mass is 16.5. The van der Waals surface area contributed by atoms with Gasteiger partial charge in [0.1, 0.15) is 11.6 Å². The lowest BCUT2D eigenvalue weighted by Crippen LogP contribution is -2.38. The highest BCUT2D eigenvalue weighted by molar-refractivity contribution is 5.94. The Labute approximate surface area is 184 Å². The number of anilines is 1. The number of hydrogen-bond acceptors (Lipinski definition) is 4. The molecule has 6 nitrogen and oxygen atoms in total. The van der Waals surface area contributed by atoms with Crippen LogP contribution in [0.2, 0.25) is 0 Å². The molecule has 31 heavy (non-hydrogen) atoms. The van der Waals surface area contributed by atoms with Crippen molar-refractivity contribution in [2.24, 2.45) is 0 Å². The van der Waals surface area contributed by atoms with Crippen LogP contribution in [0, 0.1) is 0 Å². The number of imidazole rings is 1. The fourth-order valence-electron chi connectivity index (χ4n) is 3.95. The van der Waals surface area contributed by atoms with Gasteiger partial charge in [-0.2, -0.15) is 0 Å². The summed E-state index contributed by atoms with van der Waals surface area (Å²) in [4.78, 5) is 19.6. The molecule has 3 aromatic rings. The number of benzene rings is 2. The van der Waals surface area contributed by atoms with Crippen molar-refractivity contribution in [3.05, 3.63) is 53.9 Å². The van der Waals surface area contributed by atoms with Gasteiger partial charge >= 0.3 is 0 Å². The maximum Gasteiger partial charge on any atom is 0.262 e. The molecule has 0 saturated carbocycles. The normalized spacial score (nSPS) is 14.6. The molecule has 0 atom stereocenters. The Morgan fingerprint density at radius 2 is 1.87 bits per heavy atom. The Balaban J connectivity index is 1.39. The van der Waals surface area contributed by atoms with E-state index in [2.05, 4.69) is 49.4 Å². The number of carbonyl (C=O) groups excluding carboxylic acids is 1. The van der Waals surface area contributed by atoms with Crippen LogP contribution in [-0.4, -0.2) is 39.6 Å². The molecule has 1 aromatic heterocycles. The predicted octanol–water partition coefficient (Wildman–Crippen LogP) is 4.58. The predicted molar refractivity (Wildman–Crippen MR) is 125 cm³/mol. The van der Waals surface area contributed by atoms with Crippen molar-refractivity contribution in [2.45, 2.75) is 59.2 Å². The minimum absolute atomic E-state index is 0.0318. The highest BCUT2D eigenvalue weighted by Crippen LogP contribution is 2.25. The SMILES string of the molecule is CC(C)N1CCn2c(nc3cc(NC(=O)COc4ccc(C(C)(C)C)cc4)ccc32)C1. The number of nitrogens with zero attached hydrogens (tertiary/aromatic N) is 3. The van der Waals surface area contributed by atoms with E-state index >= 15 is 0 Å². The smallest absolute Gasteiger partial charge is 0.262 e. The molecule has 1 amide bonds. The maximum absolute atomic E-state index is 12.4. The minimum atomic E-state index is -0.186. The summed E-state index contributed by atoms with van der Waals surface area (Å²) >= 11 is 0. The van der Waals surface area contributed by atoms with Gasteiger partial charge < -0.3 is 14.6 Å². The summed E-state index contributed by atoms with van der Waals surface area (Å²) < 4.78 is 7.94. The monoisotopic (exact) mass is 420 g/mol. The number of hydrogen-bond donors (Lipinski definition) is 1. The van der Waals surface area contributed by atoms with E-state index in [1.54, 1.807) is 0 Å². The molecule has 0 bridgehead atoms. The Morgan fingerprint density at radius 1 is 1.13 bits per heavy atom. The second kappa shape index (κ2) is 8.35. The summed E-state index contributed by atoms with van der Waals surface area (Å²) in [7, 11) is 0. The van der Waals surface area contributed by atoms with Gasteiger partial charge in [-0.25, -0.2) is 4.98 Å². The Bertz CT molecular complexity index is 1080. The first-order valence-electron chi connectivity index (χ1n) is 11.0. The number of ether oxygens (including phenoxy) is 1. The standard InChI is InChI=1S/C25H32N4O2/c1-17(2)28-12-13-29-22-11-8-19(14-21(22)27-23(29)15-28)26-24(30)16-31-20-9-6-18(7-10-20)25(3,4)5/h6-11,14,17H,12-13,15-16H2,1-5H3,(H,26,30). The fourth-order valence-corrected chi connectivity index (χ4v) is 3.95. The lowest BCUT2D eigenvalue weighted by molar-refractivity contribution is -0.118. The fraction of sp³-hybridized carbons (Fsp3) is 0.440. The van der Waals surface area contributed by atoms with Gasteiger partial charge in [-0.1, -0.05) is 32.9 Å².